The first-order valence-electron chi connectivity index (χ1n) is 11.3. The van der Waals surface area contributed by atoms with Gasteiger partial charge in [0.05, 0.1) is 13.5 Å². The molecule has 3 rings (SSSR count). The number of aliphatic hydroxyl groups is 1. The molecular weight excluding hydrogens is 428 g/mol. The number of fused-ring (bicyclic) bond motifs is 2. The van der Waals surface area contributed by atoms with Crippen LogP contribution in [0.3, 0.4) is 0 Å². The van der Waals surface area contributed by atoms with Gasteiger partial charge in [0.15, 0.2) is 11.7 Å². The minimum absolute atomic E-state index is 0.0317. The van der Waals surface area contributed by atoms with E-state index in [2.05, 4.69) is 0 Å². The van der Waals surface area contributed by atoms with Crippen molar-refractivity contribution in [1.82, 2.24) is 0 Å². The maximum atomic E-state index is 12.8. The molecule has 0 aromatic heterocycles. The Balaban J connectivity index is 2.20. The third-order valence-corrected chi connectivity index (χ3v) is 6.93. The summed E-state index contributed by atoms with van der Waals surface area (Å²) in [5, 5.41) is 11.6. The van der Waals surface area contributed by atoms with Gasteiger partial charge in [0.2, 0.25) is 5.76 Å². The molecule has 1 fully saturated rings. The van der Waals surface area contributed by atoms with Crippen LogP contribution in [0.5, 0.6) is 0 Å². The van der Waals surface area contributed by atoms with Crippen LogP contribution in [0.25, 0.3) is 0 Å². The fourth-order valence-electron chi connectivity index (χ4n) is 5.30. The second kappa shape index (κ2) is 8.97. The number of hydrogen-bond donors (Lipinski definition) is 1. The Morgan fingerprint density at radius 2 is 1.94 bits per heavy atom. The number of carbonyl (C=O) groups excluding carboxylic acids is 3. The summed E-state index contributed by atoms with van der Waals surface area (Å²) in [6.45, 7) is 10.7. The molecule has 33 heavy (non-hydrogen) atoms. The van der Waals surface area contributed by atoms with E-state index in [0.717, 1.165) is 5.57 Å². The Morgan fingerprint density at radius 3 is 2.52 bits per heavy atom. The van der Waals surface area contributed by atoms with Gasteiger partial charge in [-0.3, -0.25) is 9.59 Å². The Labute approximate surface area is 194 Å². The topological polar surface area (TPSA) is 108 Å². The summed E-state index contributed by atoms with van der Waals surface area (Å²) in [4.78, 5) is 37.0. The molecule has 8 heteroatoms. The third kappa shape index (κ3) is 4.45. The van der Waals surface area contributed by atoms with Crippen molar-refractivity contribution in [1.29, 1.82) is 0 Å². The van der Waals surface area contributed by atoms with E-state index in [9.17, 15) is 19.5 Å². The van der Waals surface area contributed by atoms with E-state index in [0.29, 0.717) is 30.4 Å². The summed E-state index contributed by atoms with van der Waals surface area (Å²) < 4.78 is 22.4. The lowest BCUT2D eigenvalue weighted by molar-refractivity contribution is -0.167. The number of rotatable bonds is 3. The standard InChI is InChI=1S/C25H34O8/c1-13(2)19-17-9-8-14(3)21(31-16(5)26)25(29)12-18(27)32-22(25)15(4)10-11-24(17,6)33-23(28)20(19)30-7/h8,13,17,21,29H,9-12H2,1-7H3. The van der Waals surface area contributed by atoms with Crippen LogP contribution < -0.4 is 0 Å². The van der Waals surface area contributed by atoms with Crippen molar-refractivity contribution in [2.75, 3.05) is 7.11 Å². The molecule has 0 aromatic rings. The Bertz CT molecular complexity index is 955. The third-order valence-electron chi connectivity index (χ3n) is 6.93. The van der Waals surface area contributed by atoms with Gasteiger partial charge in [-0.15, -0.1) is 0 Å². The SMILES string of the molecule is COC1=C(C(C)C)C2CC=C(C)C(OC(C)=O)C3(O)CC(=O)OC3=C(C)CCC2(C)OC1=O. The van der Waals surface area contributed by atoms with Gasteiger partial charge in [-0.25, -0.2) is 4.79 Å². The molecule has 0 saturated carbocycles. The molecule has 182 valence electrons. The van der Waals surface area contributed by atoms with E-state index in [-0.39, 0.29) is 29.8 Å². The predicted octanol–water partition coefficient (Wildman–Crippen LogP) is 3.49. The lowest BCUT2D eigenvalue weighted by Crippen LogP contribution is -2.46. The maximum Gasteiger partial charge on any atom is 0.374 e. The summed E-state index contributed by atoms with van der Waals surface area (Å²) in [5.74, 6) is -1.49. The highest BCUT2D eigenvalue weighted by atomic mass is 16.6. The van der Waals surface area contributed by atoms with Gasteiger partial charge in [0.25, 0.3) is 0 Å². The van der Waals surface area contributed by atoms with Gasteiger partial charge in [-0.2, -0.15) is 0 Å². The Hall–Kier alpha value is -2.61. The van der Waals surface area contributed by atoms with Crippen LogP contribution >= 0.6 is 0 Å². The monoisotopic (exact) mass is 462 g/mol. The highest BCUT2D eigenvalue weighted by Gasteiger charge is 2.54. The van der Waals surface area contributed by atoms with E-state index in [1.807, 2.05) is 26.8 Å². The first kappa shape index (κ1) is 25.0. The van der Waals surface area contributed by atoms with E-state index in [1.54, 1.807) is 13.8 Å². The quantitative estimate of drug-likeness (QED) is 0.386. The van der Waals surface area contributed by atoms with Gasteiger partial charge in [-0.1, -0.05) is 19.9 Å². The highest BCUT2D eigenvalue weighted by Crippen LogP contribution is 2.47. The second-order valence-corrected chi connectivity index (χ2v) is 9.76. The number of hydrogen-bond acceptors (Lipinski definition) is 8. The van der Waals surface area contributed by atoms with Crippen molar-refractivity contribution in [3.8, 4) is 0 Å². The first-order valence-corrected chi connectivity index (χ1v) is 11.3. The summed E-state index contributed by atoms with van der Waals surface area (Å²) in [6.07, 6.45) is 1.80. The van der Waals surface area contributed by atoms with Crippen molar-refractivity contribution in [3.05, 3.63) is 34.3 Å². The number of carbonyl (C=O) groups is 3. The molecule has 2 aliphatic heterocycles. The second-order valence-electron chi connectivity index (χ2n) is 9.76. The largest absolute Gasteiger partial charge is 0.490 e. The molecule has 0 spiro atoms. The fourth-order valence-corrected chi connectivity index (χ4v) is 5.30. The van der Waals surface area contributed by atoms with Crippen LogP contribution in [0.15, 0.2) is 34.3 Å². The van der Waals surface area contributed by atoms with Crippen LogP contribution in [0.2, 0.25) is 0 Å². The zero-order chi connectivity index (χ0) is 24.7. The van der Waals surface area contributed by atoms with Crippen molar-refractivity contribution in [2.45, 2.75) is 84.5 Å². The summed E-state index contributed by atoms with van der Waals surface area (Å²) in [6, 6.07) is 0. The normalized spacial score (nSPS) is 32.9. The van der Waals surface area contributed by atoms with E-state index < -0.39 is 35.2 Å². The first-order chi connectivity index (χ1) is 15.3. The molecule has 0 aromatic carbocycles. The number of methoxy groups -OCH3 is 1. The van der Waals surface area contributed by atoms with Crippen molar-refractivity contribution in [2.24, 2.45) is 11.8 Å². The molecule has 0 radical (unpaired) electrons. The molecule has 4 atom stereocenters. The molecule has 1 aliphatic carbocycles. The highest BCUT2D eigenvalue weighted by molar-refractivity contribution is 5.89. The summed E-state index contributed by atoms with van der Waals surface area (Å²) in [7, 11) is 1.46. The van der Waals surface area contributed by atoms with Gasteiger partial charge >= 0.3 is 17.9 Å². The molecular formula is C25H34O8. The molecule has 3 aliphatic rings. The number of esters is 3. The molecule has 8 nitrogen and oxygen atoms in total. The average Bonchev–Trinajstić information content (AvgIpc) is 3.02. The number of allylic oxidation sites excluding steroid dienone is 2. The smallest absolute Gasteiger partial charge is 0.374 e. The van der Waals surface area contributed by atoms with Crippen molar-refractivity contribution < 1.29 is 38.4 Å². The molecule has 0 bridgehead atoms. The number of ether oxygens (including phenoxy) is 4. The maximum absolute atomic E-state index is 12.8. The van der Waals surface area contributed by atoms with Crippen LogP contribution in [-0.2, 0) is 33.3 Å². The van der Waals surface area contributed by atoms with E-state index in [1.165, 1.54) is 14.0 Å². The molecule has 0 amide bonds. The summed E-state index contributed by atoms with van der Waals surface area (Å²) in [5.41, 5.74) is -0.550. The average molecular weight is 463 g/mol. The molecule has 2 heterocycles. The van der Waals surface area contributed by atoms with Gasteiger partial charge in [0, 0.05) is 12.8 Å². The molecule has 1 saturated heterocycles. The Kier molecular flexibility index (Phi) is 6.80. The zero-order valence-corrected chi connectivity index (χ0v) is 20.4. The molecule has 4 unspecified atom stereocenters. The van der Waals surface area contributed by atoms with Crippen molar-refractivity contribution >= 4 is 17.9 Å². The van der Waals surface area contributed by atoms with Gasteiger partial charge in [0.1, 0.15) is 11.4 Å². The van der Waals surface area contributed by atoms with E-state index >= 15 is 0 Å². The zero-order valence-electron chi connectivity index (χ0n) is 20.4. The summed E-state index contributed by atoms with van der Waals surface area (Å²) >= 11 is 0. The fraction of sp³-hybridized carbons (Fsp3) is 0.640. The Morgan fingerprint density at radius 1 is 1.27 bits per heavy atom. The van der Waals surface area contributed by atoms with Crippen LogP contribution in [0, 0.1) is 11.8 Å². The lowest BCUT2D eigenvalue weighted by Gasteiger charge is -2.43. The van der Waals surface area contributed by atoms with E-state index in [4.69, 9.17) is 18.9 Å². The lowest BCUT2D eigenvalue weighted by atomic mass is 9.72. The predicted molar refractivity (Wildman–Crippen MR) is 118 cm³/mol. The minimum atomic E-state index is -1.80. The van der Waals surface area contributed by atoms with Crippen LogP contribution in [0.1, 0.15) is 67.2 Å². The van der Waals surface area contributed by atoms with Crippen LogP contribution in [0.4, 0.5) is 0 Å². The van der Waals surface area contributed by atoms with Gasteiger partial charge < -0.3 is 24.1 Å². The van der Waals surface area contributed by atoms with Crippen molar-refractivity contribution in [3.63, 3.8) is 0 Å². The molecule has 1 N–H and O–H groups in total. The minimum Gasteiger partial charge on any atom is -0.490 e. The van der Waals surface area contributed by atoms with Crippen LogP contribution in [-0.4, -0.2) is 47.4 Å². The van der Waals surface area contributed by atoms with Gasteiger partial charge in [-0.05, 0) is 62.7 Å².